The van der Waals surface area contributed by atoms with E-state index in [1.807, 2.05) is 0 Å². The van der Waals surface area contributed by atoms with E-state index >= 15 is 0 Å². The minimum Gasteiger partial charge on any atom is 0 e. The zero-order chi connectivity index (χ0) is 0. The first kappa shape index (κ1) is 27.8. The summed E-state index contributed by atoms with van der Waals surface area (Å²) in [6, 6.07) is 0. The average molecular weight is 204 g/mol. The molecule has 0 bridgehead atoms. The Morgan fingerprint density at radius 3 is 0.500 bits per heavy atom. The molecule has 0 rings (SSSR count). The van der Waals surface area contributed by atoms with Gasteiger partial charge in [-0.05, 0) is 0 Å². The fourth-order valence-electron chi connectivity index (χ4n) is 0. The Hall–Kier alpha value is 3.04. The van der Waals surface area contributed by atoms with Crippen LogP contribution < -0.4 is 0 Å². The Morgan fingerprint density at radius 2 is 0.500 bits per heavy atom. The van der Waals surface area contributed by atoms with Crippen molar-refractivity contribution >= 4 is 93.3 Å². The summed E-state index contributed by atoms with van der Waals surface area (Å²) in [5.74, 6) is 0. The Labute approximate surface area is 91.4 Å². The van der Waals surface area contributed by atoms with Gasteiger partial charge in [0.15, 0.2) is 0 Å². The van der Waals surface area contributed by atoms with Crippen molar-refractivity contribution in [3.8, 4) is 0 Å². The smallest absolute Gasteiger partial charge is 0 e. The van der Waals surface area contributed by atoms with Gasteiger partial charge in [-0.3, -0.25) is 0 Å². The predicted molar refractivity (Wildman–Crippen MR) is 23.0 cm³/mol. The zero-order valence-corrected chi connectivity index (χ0v) is 10.2. The van der Waals surface area contributed by atoms with E-state index in [1.54, 1.807) is 0 Å². The van der Waals surface area contributed by atoms with Crippen molar-refractivity contribution in [1.29, 1.82) is 0 Å². The van der Waals surface area contributed by atoms with Crippen LogP contribution in [0.25, 0.3) is 0 Å². The van der Waals surface area contributed by atoms with Gasteiger partial charge in [-0.15, -0.1) is 0 Å². The maximum absolute atomic E-state index is 0. The molecule has 0 amide bonds. The predicted octanol–water partition coefficient (Wildman–Crippen LogP) is -1.52. The Kier molecular flexibility index (Phi) is 115. The SMILES string of the molecule is [Na].[Na].[Se].[Se]. The molecular formula is Na2Se2. The molecule has 0 aliphatic rings. The number of hydrogen-bond acceptors (Lipinski definition) is 0. The van der Waals surface area contributed by atoms with Gasteiger partial charge >= 0.3 is 0 Å². The van der Waals surface area contributed by atoms with Gasteiger partial charge in [-0.2, -0.15) is 0 Å². The van der Waals surface area contributed by atoms with E-state index in [2.05, 4.69) is 0 Å². The molecule has 0 aliphatic heterocycles. The summed E-state index contributed by atoms with van der Waals surface area (Å²) in [5, 5.41) is 0. The molecule has 14 valence electrons. The summed E-state index contributed by atoms with van der Waals surface area (Å²) in [6.45, 7) is 0. The van der Waals surface area contributed by atoms with Crippen LogP contribution in [0.4, 0.5) is 0 Å². The van der Waals surface area contributed by atoms with E-state index in [0.29, 0.717) is 0 Å². The minimum absolute atomic E-state index is 0. The van der Waals surface area contributed by atoms with Crippen molar-refractivity contribution < 1.29 is 0 Å². The standard InChI is InChI=1S/2Na.2Se. The molecule has 0 saturated carbocycles. The molecule has 0 unspecified atom stereocenters. The van der Waals surface area contributed by atoms with Crippen LogP contribution in [0.2, 0.25) is 0 Å². The first-order chi connectivity index (χ1) is 0. The van der Waals surface area contributed by atoms with Crippen LogP contribution in [0, 0.1) is 0 Å². The molecule has 0 N–H and O–H groups in total. The number of hydrogen-bond donors (Lipinski definition) is 0. The van der Waals surface area contributed by atoms with Crippen molar-refractivity contribution in [1.82, 2.24) is 0 Å². The molecule has 0 aromatic carbocycles. The maximum atomic E-state index is 0. The quantitative estimate of drug-likeness (QED) is 0.420. The Balaban J connectivity index is 0. The second kappa shape index (κ2) is 16.6. The van der Waals surface area contributed by atoms with Crippen molar-refractivity contribution in [3.63, 3.8) is 0 Å². The summed E-state index contributed by atoms with van der Waals surface area (Å²) >= 11 is 0. The summed E-state index contributed by atoms with van der Waals surface area (Å²) in [4.78, 5) is 0. The Morgan fingerprint density at radius 1 is 0.500 bits per heavy atom. The van der Waals surface area contributed by atoms with Gasteiger partial charge in [-0.25, -0.2) is 0 Å². The Bertz CT molecular complexity index is 4.00. The van der Waals surface area contributed by atoms with Crippen LogP contribution in [0.5, 0.6) is 0 Å². The van der Waals surface area contributed by atoms with E-state index in [4.69, 9.17) is 0 Å². The van der Waals surface area contributed by atoms with Crippen LogP contribution in [0.3, 0.4) is 0 Å². The second-order valence-corrected chi connectivity index (χ2v) is 0. The van der Waals surface area contributed by atoms with Crippen LogP contribution in [-0.4, -0.2) is 93.3 Å². The first-order valence-corrected chi connectivity index (χ1v) is 0. The van der Waals surface area contributed by atoms with Gasteiger partial charge in [0.2, 0.25) is 0 Å². The van der Waals surface area contributed by atoms with E-state index < -0.39 is 0 Å². The van der Waals surface area contributed by atoms with E-state index in [-0.39, 0.29) is 93.3 Å². The van der Waals surface area contributed by atoms with Gasteiger partial charge in [-0.1, -0.05) is 0 Å². The largest absolute Gasteiger partial charge is 0 e. The molecule has 0 nitrogen and oxygen atoms in total. The molecule has 0 fully saturated rings. The molecule has 4 heavy (non-hydrogen) atoms. The minimum atomic E-state index is 0. The maximum Gasteiger partial charge on any atom is 0 e. The third-order valence-corrected chi connectivity index (χ3v) is 0. The molecular weight excluding hydrogens is 204 g/mol. The van der Waals surface area contributed by atoms with Gasteiger partial charge in [0, 0.05) is 93.3 Å². The van der Waals surface area contributed by atoms with Gasteiger partial charge < -0.3 is 0 Å². The monoisotopic (exact) mass is 206 g/mol. The molecule has 0 heterocycles. The molecule has 0 aromatic heterocycles. The van der Waals surface area contributed by atoms with Crippen LogP contribution in [-0.2, 0) is 0 Å². The van der Waals surface area contributed by atoms with Crippen molar-refractivity contribution in [3.05, 3.63) is 0 Å². The third-order valence-electron chi connectivity index (χ3n) is 0. The van der Waals surface area contributed by atoms with Crippen LogP contribution in [0.1, 0.15) is 0 Å². The molecule has 0 saturated heterocycles. The van der Waals surface area contributed by atoms with E-state index in [9.17, 15) is 0 Å². The molecule has 0 aromatic rings. The van der Waals surface area contributed by atoms with Crippen molar-refractivity contribution in [2.24, 2.45) is 0 Å². The van der Waals surface area contributed by atoms with Crippen LogP contribution in [0.15, 0.2) is 0 Å². The van der Waals surface area contributed by atoms with Crippen molar-refractivity contribution in [2.75, 3.05) is 0 Å². The van der Waals surface area contributed by atoms with Gasteiger partial charge in [0.05, 0.1) is 0 Å². The van der Waals surface area contributed by atoms with E-state index in [1.165, 1.54) is 0 Å². The van der Waals surface area contributed by atoms with Gasteiger partial charge in [0.1, 0.15) is 0 Å². The molecule has 0 spiro atoms. The summed E-state index contributed by atoms with van der Waals surface area (Å²) in [5.41, 5.74) is 0. The second-order valence-electron chi connectivity index (χ2n) is 0. The molecule has 0 aliphatic carbocycles. The van der Waals surface area contributed by atoms with Crippen LogP contribution >= 0.6 is 0 Å². The fraction of sp³-hybridized carbons (Fsp3) is 0. The zero-order valence-electron chi connectivity index (χ0n) is 2.82. The summed E-state index contributed by atoms with van der Waals surface area (Å²) < 4.78 is 0. The molecule has 6 radical (unpaired) electrons. The summed E-state index contributed by atoms with van der Waals surface area (Å²) in [7, 11) is 0. The summed E-state index contributed by atoms with van der Waals surface area (Å²) in [6.07, 6.45) is 0. The molecule has 0 atom stereocenters. The number of rotatable bonds is 0. The fourth-order valence-corrected chi connectivity index (χ4v) is 0. The first-order valence-electron chi connectivity index (χ1n) is 0. The average Bonchev–Trinajstić information content (AvgIpc) is 0. The van der Waals surface area contributed by atoms with Crippen molar-refractivity contribution in [2.45, 2.75) is 0 Å². The van der Waals surface area contributed by atoms with Gasteiger partial charge in [0.25, 0.3) is 0 Å². The normalized spacial score (nSPS) is 0. The topological polar surface area (TPSA) is 0 Å². The third kappa shape index (κ3) is 8.90. The molecule has 4 heteroatoms. The van der Waals surface area contributed by atoms with E-state index in [0.717, 1.165) is 0 Å².